The van der Waals surface area contributed by atoms with Crippen molar-refractivity contribution in [3.63, 3.8) is 0 Å². The van der Waals surface area contributed by atoms with Crippen LogP contribution in [-0.2, 0) is 0 Å². The van der Waals surface area contributed by atoms with Crippen molar-refractivity contribution in [2.45, 2.75) is 38.6 Å². The predicted octanol–water partition coefficient (Wildman–Crippen LogP) is 4.21. The molecule has 0 spiro atoms. The number of anilines is 1. The van der Waals surface area contributed by atoms with E-state index in [1.807, 2.05) is 43.3 Å². The van der Waals surface area contributed by atoms with Crippen molar-refractivity contribution in [2.75, 3.05) is 25.5 Å². The van der Waals surface area contributed by atoms with Crippen molar-refractivity contribution in [2.24, 2.45) is 0 Å². The maximum Gasteiger partial charge on any atom is 0.321 e. The van der Waals surface area contributed by atoms with Crippen LogP contribution < -0.4 is 15.4 Å². The molecule has 2 N–H and O–H groups in total. The molecule has 0 aromatic heterocycles. The first-order valence-electron chi connectivity index (χ1n) is 10.1. The van der Waals surface area contributed by atoms with E-state index in [9.17, 15) is 9.59 Å². The van der Waals surface area contributed by atoms with Crippen molar-refractivity contribution in [3.05, 3.63) is 59.7 Å². The second-order valence-corrected chi connectivity index (χ2v) is 7.50. The number of ether oxygens (including phenoxy) is 1. The molecule has 1 fully saturated rings. The van der Waals surface area contributed by atoms with Gasteiger partial charge in [-0.05, 0) is 55.7 Å². The highest BCUT2D eigenvalue weighted by atomic mass is 16.5. The van der Waals surface area contributed by atoms with E-state index in [1.165, 1.54) is 12.8 Å². The lowest BCUT2D eigenvalue weighted by atomic mass is 10.1. The van der Waals surface area contributed by atoms with Crippen molar-refractivity contribution in [1.82, 2.24) is 10.2 Å². The van der Waals surface area contributed by atoms with E-state index in [-0.39, 0.29) is 18.0 Å². The van der Waals surface area contributed by atoms with Gasteiger partial charge in [0.2, 0.25) is 0 Å². The fourth-order valence-corrected chi connectivity index (χ4v) is 3.41. The summed E-state index contributed by atoms with van der Waals surface area (Å²) in [5, 5.41) is 5.99. The van der Waals surface area contributed by atoms with E-state index >= 15 is 0 Å². The standard InChI is InChI=1S/C23H29N3O3/c1-17-16-18(22(27)24-19-8-6-7-9-19)12-13-21(17)25-23(28)26(2)14-15-29-20-10-4-3-5-11-20/h3-5,10-13,16,19H,6-9,14-15H2,1-2H3,(H,24,27)(H,25,28). The molecule has 2 aromatic carbocycles. The summed E-state index contributed by atoms with van der Waals surface area (Å²) in [5.74, 6) is 0.733. The van der Waals surface area contributed by atoms with Crippen LogP contribution in [0, 0.1) is 6.92 Å². The zero-order valence-electron chi connectivity index (χ0n) is 17.1. The van der Waals surface area contributed by atoms with E-state index in [2.05, 4.69) is 10.6 Å². The van der Waals surface area contributed by atoms with E-state index < -0.39 is 0 Å². The van der Waals surface area contributed by atoms with Gasteiger partial charge in [-0.3, -0.25) is 4.79 Å². The van der Waals surface area contributed by atoms with Gasteiger partial charge >= 0.3 is 6.03 Å². The third kappa shape index (κ3) is 5.98. The average Bonchev–Trinajstić information content (AvgIpc) is 3.23. The number of rotatable bonds is 7. The summed E-state index contributed by atoms with van der Waals surface area (Å²) in [6.45, 7) is 2.76. The highest BCUT2D eigenvalue weighted by molar-refractivity contribution is 5.96. The van der Waals surface area contributed by atoms with Crippen LogP contribution in [-0.4, -0.2) is 43.1 Å². The molecule has 0 bridgehead atoms. The van der Waals surface area contributed by atoms with Crippen LogP contribution in [0.2, 0.25) is 0 Å². The summed E-state index contributed by atoms with van der Waals surface area (Å²) in [6.07, 6.45) is 4.47. The molecule has 0 aliphatic heterocycles. The molecule has 1 aliphatic carbocycles. The molecular weight excluding hydrogens is 366 g/mol. The highest BCUT2D eigenvalue weighted by Crippen LogP contribution is 2.20. The molecule has 0 saturated heterocycles. The Kier molecular flexibility index (Phi) is 7.11. The number of nitrogens with zero attached hydrogens (tertiary/aromatic N) is 1. The van der Waals surface area contributed by atoms with Crippen molar-refractivity contribution < 1.29 is 14.3 Å². The minimum atomic E-state index is -0.215. The number of carbonyl (C=O) groups is 2. The number of carbonyl (C=O) groups excluding carboxylic acids is 2. The molecule has 3 rings (SSSR count). The quantitative estimate of drug-likeness (QED) is 0.738. The molecule has 29 heavy (non-hydrogen) atoms. The Morgan fingerprint density at radius 1 is 1.10 bits per heavy atom. The van der Waals surface area contributed by atoms with Crippen LogP contribution in [0.15, 0.2) is 48.5 Å². The van der Waals surface area contributed by atoms with Gasteiger partial charge in [-0.15, -0.1) is 0 Å². The van der Waals surface area contributed by atoms with Crippen LogP contribution in [0.4, 0.5) is 10.5 Å². The summed E-state index contributed by atoms with van der Waals surface area (Å²) in [6, 6.07) is 14.9. The van der Waals surface area contributed by atoms with Gasteiger partial charge in [0.25, 0.3) is 5.91 Å². The van der Waals surface area contributed by atoms with Crippen LogP contribution >= 0.6 is 0 Å². The molecule has 1 aliphatic rings. The molecule has 6 nitrogen and oxygen atoms in total. The van der Waals surface area contributed by atoms with Crippen LogP contribution in [0.25, 0.3) is 0 Å². The van der Waals surface area contributed by atoms with Gasteiger partial charge in [0.05, 0.1) is 6.54 Å². The lowest BCUT2D eigenvalue weighted by Gasteiger charge is -2.19. The third-order valence-electron chi connectivity index (χ3n) is 5.21. The number of hydrogen-bond acceptors (Lipinski definition) is 3. The molecule has 0 radical (unpaired) electrons. The van der Waals surface area contributed by atoms with Crippen molar-refractivity contribution >= 4 is 17.6 Å². The molecule has 0 atom stereocenters. The SMILES string of the molecule is Cc1cc(C(=O)NC2CCCC2)ccc1NC(=O)N(C)CCOc1ccccc1. The third-order valence-corrected chi connectivity index (χ3v) is 5.21. The summed E-state index contributed by atoms with van der Waals surface area (Å²) in [4.78, 5) is 26.4. The second kappa shape index (κ2) is 9.96. The Bertz CT molecular complexity index is 833. The lowest BCUT2D eigenvalue weighted by Crippen LogP contribution is -2.35. The minimum Gasteiger partial charge on any atom is -0.492 e. The average molecular weight is 396 g/mol. The molecule has 2 aromatic rings. The number of para-hydroxylation sites is 1. The highest BCUT2D eigenvalue weighted by Gasteiger charge is 2.18. The topological polar surface area (TPSA) is 70.7 Å². The summed E-state index contributed by atoms with van der Waals surface area (Å²) in [7, 11) is 1.72. The lowest BCUT2D eigenvalue weighted by molar-refractivity contribution is 0.0938. The van der Waals surface area contributed by atoms with Gasteiger partial charge in [0.1, 0.15) is 12.4 Å². The molecule has 0 heterocycles. The molecule has 154 valence electrons. The van der Waals surface area contributed by atoms with Crippen LogP contribution in [0.5, 0.6) is 5.75 Å². The number of amides is 3. The first kappa shape index (κ1) is 20.7. The van der Waals surface area contributed by atoms with Gasteiger partial charge in [0.15, 0.2) is 0 Å². The molecule has 3 amide bonds. The Hall–Kier alpha value is -3.02. The van der Waals surface area contributed by atoms with Crippen LogP contribution in [0.1, 0.15) is 41.6 Å². The van der Waals surface area contributed by atoms with E-state index in [0.717, 1.165) is 24.2 Å². The Morgan fingerprint density at radius 3 is 2.52 bits per heavy atom. The predicted molar refractivity (Wildman–Crippen MR) is 114 cm³/mol. The number of benzene rings is 2. The van der Waals surface area contributed by atoms with Crippen molar-refractivity contribution in [3.8, 4) is 5.75 Å². The maximum absolute atomic E-state index is 12.4. The number of aryl methyl sites for hydroxylation is 1. The van der Waals surface area contributed by atoms with Gasteiger partial charge in [0, 0.05) is 24.3 Å². The molecule has 1 saturated carbocycles. The second-order valence-electron chi connectivity index (χ2n) is 7.50. The van der Waals surface area contributed by atoms with Gasteiger partial charge < -0.3 is 20.3 Å². The maximum atomic E-state index is 12.4. The Labute approximate surface area is 172 Å². The summed E-state index contributed by atoms with van der Waals surface area (Å²) < 4.78 is 5.63. The zero-order chi connectivity index (χ0) is 20.6. The fraction of sp³-hybridized carbons (Fsp3) is 0.391. The number of urea groups is 1. The Morgan fingerprint density at radius 2 is 1.83 bits per heavy atom. The minimum absolute atomic E-state index is 0.0481. The summed E-state index contributed by atoms with van der Waals surface area (Å²) >= 11 is 0. The zero-order valence-corrected chi connectivity index (χ0v) is 17.1. The fourth-order valence-electron chi connectivity index (χ4n) is 3.41. The van der Waals surface area contributed by atoms with Gasteiger partial charge in [-0.1, -0.05) is 31.0 Å². The van der Waals surface area contributed by atoms with E-state index in [4.69, 9.17) is 4.74 Å². The van der Waals surface area contributed by atoms with Crippen molar-refractivity contribution in [1.29, 1.82) is 0 Å². The number of nitrogens with one attached hydrogen (secondary N) is 2. The molecule has 6 heteroatoms. The van der Waals surface area contributed by atoms with Gasteiger partial charge in [-0.2, -0.15) is 0 Å². The monoisotopic (exact) mass is 395 g/mol. The van der Waals surface area contributed by atoms with E-state index in [0.29, 0.717) is 24.4 Å². The normalized spacial score (nSPS) is 13.7. The first-order chi connectivity index (χ1) is 14.0. The van der Waals surface area contributed by atoms with E-state index in [1.54, 1.807) is 24.1 Å². The van der Waals surface area contributed by atoms with Crippen LogP contribution in [0.3, 0.4) is 0 Å². The number of likely N-dealkylation sites (N-methyl/N-ethyl adjacent to an activating group) is 1. The number of hydrogen-bond donors (Lipinski definition) is 2. The molecule has 0 unspecified atom stereocenters. The first-order valence-corrected chi connectivity index (χ1v) is 10.1. The summed E-state index contributed by atoms with van der Waals surface area (Å²) in [5.41, 5.74) is 2.17. The Balaban J connectivity index is 1.49. The molecular formula is C23H29N3O3. The smallest absolute Gasteiger partial charge is 0.321 e. The largest absolute Gasteiger partial charge is 0.492 e. The van der Waals surface area contributed by atoms with Gasteiger partial charge in [-0.25, -0.2) is 4.79 Å².